The minimum absolute atomic E-state index is 0.315. The van der Waals surface area contributed by atoms with Crippen LogP contribution in [0.2, 0.25) is 5.15 Å². The Labute approximate surface area is 156 Å². The van der Waals surface area contributed by atoms with E-state index in [4.69, 9.17) is 16.1 Å². The van der Waals surface area contributed by atoms with Crippen molar-refractivity contribution in [2.45, 2.75) is 46.1 Å². The summed E-state index contributed by atoms with van der Waals surface area (Å²) in [4.78, 5) is 8.59. The molecular formula is C17H22ClN7O. The molecule has 0 unspecified atom stereocenters. The van der Waals surface area contributed by atoms with Crippen LogP contribution in [0.5, 0.6) is 0 Å². The minimum Gasteiger partial charge on any atom is -0.359 e. The van der Waals surface area contributed by atoms with E-state index < -0.39 is 0 Å². The van der Waals surface area contributed by atoms with Gasteiger partial charge in [-0.2, -0.15) is 10.1 Å². The Hall–Kier alpha value is -2.61. The van der Waals surface area contributed by atoms with Gasteiger partial charge in [0.25, 0.3) is 0 Å². The molecule has 0 atom stereocenters. The zero-order chi connectivity index (χ0) is 18.7. The number of aromatic amines is 1. The molecule has 3 aromatic heterocycles. The van der Waals surface area contributed by atoms with Gasteiger partial charge in [-0.3, -0.25) is 5.10 Å². The number of hydrogen-bond donors (Lipinski definition) is 3. The molecule has 0 aliphatic carbocycles. The summed E-state index contributed by atoms with van der Waals surface area (Å²) in [5.41, 5.74) is 1.95. The molecule has 0 saturated heterocycles. The van der Waals surface area contributed by atoms with Crippen LogP contribution in [0.15, 0.2) is 22.7 Å². The molecular weight excluding hydrogens is 354 g/mol. The first kappa shape index (κ1) is 18.2. The summed E-state index contributed by atoms with van der Waals surface area (Å²) >= 11 is 6.10. The summed E-state index contributed by atoms with van der Waals surface area (Å²) in [5.74, 6) is 3.00. The Bertz CT molecular complexity index is 872. The van der Waals surface area contributed by atoms with Crippen molar-refractivity contribution in [1.82, 2.24) is 25.3 Å². The fourth-order valence-electron chi connectivity index (χ4n) is 2.24. The molecule has 9 heteroatoms. The smallest absolute Gasteiger partial charge is 0.226 e. The summed E-state index contributed by atoms with van der Waals surface area (Å²) in [5, 5.41) is 17.8. The SMILES string of the molecule is CC(C)c1cc(CNc2nc(Cl)cc(Nc3cc(C(C)C)[nH]n3)n2)on1. The first-order valence-corrected chi connectivity index (χ1v) is 8.84. The van der Waals surface area contributed by atoms with Gasteiger partial charge in [-0.05, 0) is 11.8 Å². The Morgan fingerprint density at radius 3 is 2.54 bits per heavy atom. The molecule has 3 N–H and O–H groups in total. The van der Waals surface area contributed by atoms with E-state index in [0.717, 1.165) is 11.4 Å². The number of hydrogen-bond acceptors (Lipinski definition) is 7. The molecule has 0 saturated carbocycles. The Morgan fingerprint density at radius 2 is 1.88 bits per heavy atom. The van der Waals surface area contributed by atoms with E-state index in [1.54, 1.807) is 6.07 Å². The van der Waals surface area contributed by atoms with Crippen molar-refractivity contribution in [3.05, 3.63) is 40.5 Å². The molecule has 0 aliphatic heterocycles. The van der Waals surface area contributed by atoms with Crippen molar-refractivity contribution in [3.63, 3.8) is 0 Å². The molecule has 3 heterocycles. The lowest BCUT2D eigenvalue weighted by atomic mass is 10.1. The Morgan fingerprint density at radius 1 is 1.08 bits per heavy atom. The highest BCUT2D eigenvalue weighted by Gasteiger charge is 2.10. The largest absolute Gasteiger partial charge is 0.359 e. The molecule has 0 bridgehead atoms. The number of nitrogens with zero attached hydrogens (tertiary/aromatic N) is 4. The average molecular weight is 376 g/mol. The third-order valence-electron chi connectivity index (χ3n) is 3.76. The predicted octanol–water partition coefficient (Wildman–Crippen LogP) is 4.44. The number of nitrogens with one attached hydrogen (secondary N) is 3. The molecule has 0 spiro atoms. The van der Waals surface area contributed by atoms with Crippen molar-refractivity contribution in [2.75, 3.05) is 10.6 Å². The van der Waals surface area contributed by atoms with Crippen LogP contribution in [0.1, 0.15) is 56.7 Å². The van der Waals surface area contributed by atoms with Crippen LogP contribution < -0.4 is 10.6 Å². The first-order chi connectivity index (χ1) is 12.4. The zero-order valence-corrected chi connectivity index (χ0v) is 15.9. The topological polar surface area (TPSA) is 105 Å². The van der Waals surface area contributed by atoms with Gasteiger partial charge in [-0.1, -0.05) is 44.5 Å². The van der Waals surface area contributed by atoms with Gasteiger partial charge in [0.15, 0.2) is 11.6 Å². The van der Waals surface area contributed by atoms with E-state index in [1.165, 1.54) is 0 Å². The maximum atomic E-state index is 6.10. The molecule has 0 radical (unpaired) electrons. The van der Waals surface area contributed by atoms with E-state index in [1.807, 2.05) is 12.1 Å². The van der Waals surface area contributed by atoms with Gasteiger partial charge in [-0.15, -0.1) is 0 Å². The second kappa shape index (κ2) is 7.74. The number of H-pyrrole nitrogens is 1. The van der Waals surface area contributed by atoms with E-state index in [-0.39, 0.29) is 0 Å². The van der Waals surface area contributed by atoms with Gasteiger partial charge in [0, 0.05) is 23.9 Å². The number of aromatic nitrogens is 5. The van der Waals surface area contributed by atoms with Crippen LogP contribution in [0.3, 0.4) is 0 Å². The van der Waals surface area contributed by atoms with Crippen LogP contribution in [0.4, 0.5) is 17.6 Å². The molecule has 0 aliphatic rings. The number of anilines is 3. The van der Waals surface area contributed by atoms with Gasteiger partial charge in [0.1, 0.15) is 11.0 Å². The van der Waals surface area contributed by atoms with Gasteiger partial charge in [-0.25, -0.2) is 4.98 Å². The molecule has 138 valence electrons. The second-order valence-electron chi connectivity index (χ2n) is 6.61. The second-order valence-corrected chi connectivity index (χ2v) is 7.00. The van der Waals surface area contributed by atoms with Crippen molar-refractivity contribution in [1.29, 1.82) is 0 Å². The predicted molar refractivity (Wildman–Crippen MR) is 101 cm³/mol. The van der Waals surface area contributed by atoms with E-state index in [2.05, 4.69) is 63.7 Å². The molecule has 0 fully saturated rings. The van der Waals surface area contributed by atoms with Gasteiger partial charge in [0.05, 0.1) is 12.2 Å². The van der Waals surface area contributed by atoms with Crippen LogP contribution in [-0.4, -0.2) is 25.3 Å². The number of rotatable bonds is 7. The lowest BCUT2D eigenvalue weighted by Crippen LogP contribution is -2.05. The van der Waals surface area contributed by atoms with Crippen LogP contribution in [0.25, 0.3) is 0 Å². The van der Waals surface area contributed by atoms with Gasteiger partial charge in [0.2, 0.25) is 5.95 Å². The number of halogens is 1. The van der Waals surface area contributed by atoms with Crippen LogP contribution >= 0.6 is 11.6 Å². The summed E-state index contributed by atoms with van der Waals surface area (Å²) in [6, 6.07) is 5.50. The molecule has 8 nitrogen and oxygen atoms in total. The Kier molecular flexibility index (Phi) is 5.41. The fraction of sp³-hybridized carbons (Fsp3) is 0.412. The quantitative estimate of drug-likeness (QED) is 0.524. The Balaban J connectivity index is 1.68. The van der Waals surface area contributed by atoms with E-state index in [0.29, 0.717) is 46.9 Å². The third kappa shape index (κ3) is 4.51. The fourth-order valence-corrected chi connectivity index (χ4v) is 2.42. The third-order valence-corrected chi connectivity index (χ3v) is 3.95. The summed E-state index contributed by atoms with van der Waals surface area (Å²) in [6.45, 7) is 8.73. The monoisotopic (exact) mass is 375 g/mol. The lowest BCUT2D eigenvalue weighted by Gasteiger charge is -2.06. The highest BCUT2D eigenvalue weighted by molar-refractivity contribution is 6.29. The van der Waals surface area contributed by atoms with E-state index >= 15 is 0 Å². The molecule has 0 amide bonds. The van der Waals surface area contributed by atoms with Crippen molar-refractivity contribution in [3.8, 4) is 0 Å². The van der Waals surface area contributed by atoms with E-state index in [9.17, 15) is 0 Å². The van der Waals surface area contributed by atoms with Gasteiger partial charge < -0.3 is 15.2 Å². The first-order valence-electron chi connectivity index (χ1n) is 8.47. The molecule has 0 aromatic carbocycles. The standard InChI is InChI=1S/C17H22ClN7O/c1-9(2)12-6-16(24-23-12)21-15-7-14(18)20-17(22-15)19-8-11-5-13(10(3)4)25-26-11/h5-7,9-10H,8H2,1-4H3,(H3,19,20,21,22,23,24). The molecule has 3 rings (SSSR count). The van der Waals surface area contributed by atoms with Crippen LogP contribution in [-0.2, 0) is 6.54 Å². The highest BCUT2D eigenvalue weighted by Crippen LogP contribution is 2.21. The highest BCUT2D eigenvalue weighted by atomic mass is 35.5. The zero-order valence-electron chi connectivity index (χ0n) is 15.2. The minimum atomic E-state index is 0.315. The molecule has 3 aromatic rings. The maximum absolute atomic E-state index is 6.10. The van der Waals surface area contributed by atoms with Gasteiger partial charge >= 0.3 is 0 Å². The van der Waals surface area contributed by atoms with Crippen molar-refractivity contribution < 1.29 is 4.52 Å². The van der Waals surface area contributed by atoms with Crippen molar-refractivity contribution in [2.24, 2.45) is 0 Å². The summed E-state index contributed by atoms with van der Waals surface area (Å²) in [7, 11) is 0. The summed E-state index contributed by atoms with van der Waals surface area (Å²) in [6.07, 6.45) is 0. The summed E-state index contributed by atoms with van der Waals surface area (Å²) < 4.78 is 5.30. The molecule has 26 heavy (non-hydrogen) atoms. The van der Waals surface area contributed by atoms with Crippen LogP contribution in [0, 0.1) is 0 Å². The average Bonchev–Trinajstić information content (AvgIpc) is 3.21. The van der Waals surface area contributed by atoms with Crippen molar-refractivity contribution >= 4 is 29.2 Å². The maximum Gasteiger partial charge on any atom is 0.226 e. The normalized spacial score (nSPS) is 11.3. The lowest BCUT2D eigenvalue weighted by molar-refractivity contribution is 0.379.